The summed E-state index contributed by atoms with van der Waals surface area (Å²) < 4.78 is 2.89. The van der Waals surface area contributed by atoms with Crippen LogP contribution in [0, 0.1) is 10.1 Å². The van der Waals surface area contributed by atoms with Crippen LogP contribution in [-0.4, -0.2) is 28.3 Å². The summed E-state index contributed by atoms with van der Waals surface area (Å²) >= 11 is 3.47. The SMILES string of the molecule is CNCCCCCc1cc(-c2ccc(Br)cc2)n(-c2ccc([N+](=O)[O-])cc2)n1. The molecule has 0 amide bonds. The molecule has 0 fully saturated rings. The highest BCUT2D eigenvalue weighted by Crippen LogP contribution is 2.27. The third-order valence-electron chi connectivity index (χ3n) is 4.56. The maximum absolute atomic E-state index is 10.9. The monoisotopic (exact) mass is 442 g/mol. The second kappa shape index (κ2) is 9.61. The summed E-state index contributed by atoms with van der Waals surface area (Å²) in [6, 6.07) is 16.7. The van der Waals surface area contributed by atoms with Crippen molar-refractivity contribution >= 4 is 21.6 Å². The van der Waals surface area contributed by atoms with Crippen LogP contribution in [-0.2, 0) is 6.42 Å². The van der Waals surface area contributed by atoms with Gasteiger partial charge < -0.3 is 5.32 Å². The van der Waals surface area contributed by atoms with Crippen molar-refractivity contribution in [2.45, 2.75) is 25.7 Å². The van der Waals surface area contributed by atoms with Gasteiger partial charge in [-0.3, -0.25) is 10.1 Å². The van der Waals surface area contributed by atoms with Crippen molar-refractivity contribution < 1.29 is 4.92 Å². The number of hydrogen-bond donors (Lipinski definition) is 1. The molecule has 146 valence electrons. The molecule has 0 aliphatic carbocycles. The summed E-state index contributed by atoms with van der Waals surface area (Å²) in [7, 11) is 1.97. The molecule has 0 saturated heterocycles. The average Bonchev–Trinajstić information content (AvgIpc) is 3.12. The maximum atomic E-state index is 10.9. The molecule has 7 heteroatoms. The second-order valence-electron chi connectivity index (χ2n) is 6.63. The van der Waals surface area contributed by atoms with Crippen LogP contribution in [0.3, 0.4) is 0 Å². The first-order chi connectivity index (χ1) is 13.6. The third-order valence-corrected chi connectivity index (χ3v) is 5.09. The van der Waals surface area contributed by atoms with Gasteiger partial charge in [0.1, 0.15) is 0 Å². The molecule has 3 aromatic rings. The molecule has 0 aliphatic rings. The van der Waals surface area contributed by atoms with Gasteiger partial charge in [-0.05, 0) is 63.2 Å². The standard InChI is InChI=1S/C21H23BrN4O2/c1-23-14-4-2-3-5-18-15-21(16-6-8-17(22)9-7-16)25(24-18)19-10-12-20(13-11-19)26(27)28/h6-13,15,23H,2-5,14H2,1H3. The Hall–Kier alpha value is -2.51. The van der Waals surface area contributed by atoms with Crippen LogP contribution in [0.25, 0.3) is 16.9 Å². The summed E-state index contributed by atoms with van der Waals surface area (Å²) in [6.07, 6.45) is 4.30. The molecule has 0 aliphatic heterocycles. The minimum absolute atomic E-state index is 0.0749. The first-order valence-electron chi connectivity index (χ1n) is 9.33. The molecule has 6 nitrogen and oxygen atoms in total. The Kier molecular flexibility index (Phi) is 6.95. The minimum atomic E-state index is -0.390. The van der Waals surface area contributed by atoms with Gasteiger partial charge in [0, 0.05) is 22.2 Å². The molecule has 0 atom stereocenters. The molecule has 2 aromatic carbocycles. The zero-order valence-electron chi connectivity index (χ0n) is 15.8. The Morgan fingerprint density at radius 1 is 1.07 bits per heavy atom. The number of aromatic nitrogens is 2. The predicted molar refractivity (Wildman–Crippen MR) is 115 cm³/mol. The Balaban J connectivity index is 1.89. The van der Waals surface area contributed by atoms with Gasteiger partial charge in [-0.25, -0.2) is 4.68 Å². The maximum Gasteiger partial charge on any atom is 0.269 e. The molecule has 28 heavy (non-hydrogen) atoms. The molecule has 0 unspecified atom stereocenters. The van der Waals surface area contributed by atoms with E-state index in [1.165, 1.54) is 12.1 Å². The second-order valence-corrected chi connectivity index (χ2v) is 7.54. The lowest BCUT2D eigenvalue weighted by atomic mass is 10.1. The highest BCUT2D eigenvalue weighted by Gasteiger charge is 2.13. The van der Waals surface area contributed by atoms with Gasteiger partial charge in [0.25, 0.3) is 5.69 Å². The Morgan fingerprint density at radius 2 is 1.79 bits per heavy atom. The van der Waals surface area contributed by atoms with Gasteiger partial charge in [-0.2, -0.15) is 5.10 Å². The fourth-order valence-electron chi connectivity index (χ4n) is 3.08. The van der Waals surface area contributed by atoms with Crippen molar-refractivity contribution in [1.82, 2.24) is 15.1 Å². The topological polar surface area (TPSA) is 73.0 Å². The number of hydrogen-bond acceptors (Lipinski definition) is 4. The van der Waals surface area contributed by atoms with E-state index in [4.69, 9.17) is 5.10 Å². The first-order valence-corrected chi connectivity index (χ1v) is 10.1. The van der Waals surface area contributed by atoms with E-state index < -0.39 is 0 Å². The third kappa shape index (κ3) is 5.05. The Labute approximate surface area is 172 Å². The number of nitro groups is 1. The number of nitrogens with zero attached hydrogens (tertiary/aromatic N) is 3. The van der Waals surface area contributed by atoms with Crippen LogP contribution >= 0.6 is 15.9 Å². The van der Waals surface area contributed by atoms with Gasteiger partial charge in [0.05, 0.1) is 22.0 Å². The lowest BCUT2D eigenvalue weighted by Gasteiger charge is -2.07. The van der Waals surface area contributed by atoms with Gasteiger partial charge in [-0.15, -0.1) is 0 Å². The number of nitrogens with one attached hydrogen (secondary N) is 1. The van der Waals surface area contributed by atoms with Crippen LogP contribution in [0.15, 0.2) is 59.1 Å². The lowest BCUT2D eigenvalue weighted by molar-refractivity contribution is -0.384. The molecule has 3 rings (SSSR count). The van der Waals surface area contributed by atoms with Crippen LogP contribution in [0.2, 0.25) is 0 Å². The molecule has 0 spiro atoms. The van der Waals surface area contributed by atoms with E-state index in [0.717, 1.165) is 59.3 Å². The predicted octanol–water partition coefficient (Wildman–Crippen LogP) is 5.14. The lowest BCUT2D eigenvalue weighted by Crippen LogP contribution is -2.07. The van der Waals surface area contributed by atoms with Crippen LogP contribution in [0.5, 0.6) is 0 Å². The largest absolute Gasteiger partial charge is 0.320 e. The summed E-state index contributed by atoms with van der Waals surface area (Å²) in [6.45, 7) is 1.03. The Morgan fingerprint density at radius 3 is 2.43 bits per heavy atom. The molecule has 1 aromatic heterocycles. The number of nitro benzene ring substituents is 1. The number of non-ortho nitro benzene ring substituents is 1. The summed E-state index contributed by atoms with van der Waals surface area (Å²) in [5.41, 5.74) is 3.94. The van der Waals surface area contributed by atoms with Crippen LogP contribution < -0.4 is 5.32 Å². The number of aryl methyl sites for hydroxylation is 1. The molecular formula is C21H23BrN4O2. The highest BCUT2D eigenvalue weighted by atomic mass is 79.9. The molecule has 0 bridgehead atoms. The van der Waals surface area contributed by atoms with Crippen molar-refractivity contribution in [2.24, 2.45) is 0 Å². The van der Waals surface area contributed by atoms with E-state index >= 15 is 0 Å². The minimum Gasteiger partial charge on any atom is -0.320 e. The van der Waals surface area contributed by atoms with Crippen molar-refractivity contribution in [3.63, 3.8) is 0 Å². The van der Waals surface area contributed by atoms with Gasteiger partial charge in [0.15, 0.2) is 0 Å². The van der Waals surface area contributed by atoms with Crippen molar-refractivity contribution in [2.75, 3.05) is 13.6 Å². The van der Waals surface area contributed by atoms with Crippen molar-refractivity contribution in [3.8, 4) is 16.9 Å². The molecule has 0 saturated carbocycles. The van der Waals surface area contributed by atoms with E-state index in [-0.39, 0.29) is 10.6 Å². The summed E-state index contributed by atoms with van der Waals surface area (Å²) in [4.78, 5) is 10.6. The summed E-state index contributed by atoms with van der Waals surface area (Å²) in [5, 5.41) is 18.9. The zero-order chi connectivity index (χ0) is 19.9. The number of halogens is 1. The number of benzene rings is 2. The molecule has 1 heterocycles. The highest BCUT2D eigenvalue weighted by molar-refractivity contribution is 9.10. The molecule has 0 radical (unpaired) electrons. The zero-order valence-corrected chi connectivity index (χ0v) is 17.4. The smallest absolute Gasteiger partial charge is 0.269 e. The molecule has 1 N–H and O–H groups in total. The normalized spacial score (nSPS) is 10.9. The quantitative estimate of drug-likeness (QED) is 0.282. The van der Waals surface area contributed by atoms with E-state index in [9.17, 15) is 10.1 Å². The number of unbranched alkanes of at least 4 members (excludes halogenated alkanes) is 2. The van der Waals surface area contributed by atoms with Crippen molar-refractivity contribution in [3.05, 3.63) is 74.9 Å². The van der Waals surface area contributed by atoms with Gasteiger partial charge in [-0.1, -0.05) is 34.5 Å². The Bertz CT molecular complexity index is 921. The van der Waals surface area contributed by atoms with E-state index in [1.54, 1.807) is 12.1 Å². The molecular weight excluding hydrogens is 420 g/mol. The van der Waals surface area contributed by atoms with Crippen LogP contribution in [0.4, 0.5) is 5.69 Å². The van der Waals surface area contributed by atoms with Gasteiger partial charge >= 0.3 is 0 Å². The van der Waals surface area contributed by atoms with Crippen LogP contribution in [0.1, 0.15) is 25.0 Å². The first kappa shape index (κ1) is 20.2. The summed E-state index contributed by atoms with van der Waals surface area (Å²) in [5.74, 6) is 0. The van der Waals surface area contributed by atoms with E-state index in [1.807, 2.05) is 36.0 Å². The van der Waals surface area contributed by atoms with Crippen molar-refractivity contribution in [1.29, 1.82) is 0 Å². The van der Waals surface area contributed by atoms with E-state index in [0.29, 0.717) is 0 Å². The fourth-order valence-corrected chi connectivity index (χ4v) is 3.34. The van der Waals surface area contributed by atoms with E-state index in [2.05, 4.69) is 27.3 Å². The van der Waals surface area contributed by atoms with Gasteiger partial charge in [0.2, 0.25) is 0 Å². The number of rotatable bonds is 9. The average molecular weight is 443 g/mol. The fraction of sp³-hybridized carbons (Fsp3) is 0.286.